The Balaban J connectivity index is 2.48. The molecule has 0 saturated heterocycles. The number of aromatic nitrogens is 2. The lowest BCUT2D eigenvalue weighted by molar-refractivity contribution is 0.0994. The highest BCUT2D eigenvalue weighted by Crippen LogP contribution is 2.12. The summed E-state index contributed by atoms with van der Waals surface area (Å²) >= 11 is 0. The van der Waals surface area contributed by atoms with Crippen LogP contribution < -0.4 is 5.73 Å². The fourth-order valence-electron chi connectivity index (χ4n) is 1.40. The van der Waals surface area contributed by atoms with E-state index in [2.05, 4.69) is 5.10 Å². The van der Waals surface area contributed by atoms with Crippen molar-refractivity contribution in [1.82, 2.24) is 9.78 Å². The number of aldehydes is 1. The Labute approximate surface area is 95.7 Å². The summed E-state index contributed by atoms with van der Waals surface area (Å²) in [4.78, 5) is 21.4. The Morgan fingerprint density at radius 1 is 1.41 bits per heavy atom. The lowest BCUT2D eigenvalue weighted by Gasteiger charge is -2.02. The summed E-state index contributed by atoms with van der Waals surface area (Å²) in [6.07, 6.45) is 1.99. The first-order valence-corrected chi connectivity index (χ1v) is 4.72. The van der Waals surface area contributed by atoms with E-state index in [0.717, 1.165) is 6.07 Å². The zero-order valence-corrected chi connectivity index (χ0v) is 8.63. The molecule has 0 radical (unpaired) electrons. The number of carbonyl (C=O) groups excluding carboxylic acids is 2. The average Bonchev–Trinajstić information content (AvgIpc) is 2.77. The molecule has 0 spiro atoms. The molecule has 86 valence electrons. The molecule has 0 aliphatic carbocycles. The quantitative estimate of drug-likeness (QED) is 0.801. The van der Waals surface area contributed by atoms with E-state index in [1.165, 1.54) is 29.1 Å². The van der Waals surface area contributed by atoms with Gasteiger partial charge in [0.2, 0.25) is 0 Å². The van der Waals surface area contributed by atoms with Crippen LogP contribution in [0.1, 0.15) is 20.8 Å². The van der Waals surface area contributed by atoms with Crippen molar-refractivity contribution in [2.45, 2.75) is 0 Å². The maximum Gasteiger partial charge on any atom is 0.269 e. The number of nitrogens with two attached hydrogens (primary N) is 1. The molecule has 0 saturated carbocycles. The molecule has 1 aromatic carbocycles. The second-order valence-electron chi connectivity index (χ2n) is 3.37. The Kier molecular flexibility index (Phi) is 2.70. The summed E-state index contributed by atoms with van der Waals surface area (Å²) < 4.78 is 14.4. The highest BCUT2D eigenvalue weighted by molar-refractivity contribution is 5.90. The summed E-state index contributed by atoms with van der Waals surface area (Å²) in [6.45, 7) is 0. The zero-order chi connectivity index (χ0) is 12.4. The van der Waals surface area contributed by atoms with Gasteiger partial charge in [-0.05, 0) is 24.3 Å². The molecule has 0 fully saturated rings. The van der Waals surface area contributed by atoms with E-state index in [-0.39, 0.29) is 11.3 Å². The van der Waals surface area contributed by atoms with Gasteiger partial charge in [0.1, 0.15) is 17.8 Å². The number of hydrogen-bond donors (Lipinski definition) is 1. The van der Waals surface area contributed by atoms with Gasteiger partial charge in [0.15, 0.2) is 0 Å². The Hall–Kier alpha value is -2.50. The van der Waals surface area contributed by atoms with Crippen molar-refractivity contribution < 1.29 is 14.0 Å². The normalized spacial score (nSPS) is 10.2. The molecule has 2 N–H and O–H groups in total. The predicted molar refractivity (Wildman–Crippen MR) is 57.4 cm³/mol. The molecule has 0 atom stereocenters. The number of halogens is 1. The fourth-order valence-corrected chi connectivity index (χ4v) is 1.40. The topological polar surface area (TPSA) is 78.0 Å². The van der Waals surface area contributed by atoms with Gasteiger partial charge in [-0.15, -0.1) is 0 Å². The third kappa shape index (κ3) is 2.20. The van der Waals surface area contributed by atoms with Crippen LogP contribution in [0, 0.1) is 5.82 Å². The van der Waals surface area contributed by atoms with Gasteiger partial charge < -0.3 is 5.73 Å². The molecule has 1 amide bonds. The second kappa shape index (κ2) is 4.17. The van der Waals surface area contributed by atoms with Crippen LogP contribution in [-0.4, -0.2) is 22.0 Å². The van der Waals surface area contributed by atoms with E-state index in [4.69, 9.17) is 5.73 Å². The summed E-state index contributed by atoms with van der Waals surface area (Å²) in [7, 11) is 0. The van der Waals surface area contributed by atoms with Gasteiger partial charge in [0, 0.05) is 11.8 Å². The van der Waals surface area contributed by atoms with Crippen LogP contribution >= 0.6 is 0 Å². The Morgan fingerprint density at radius 2 is 2.18 bits per heavy atom. The summed E-state index contributed by atoms with van der Waals surface area (Å²) in [5, 5.41) is 3.86. The third-order valence-electron chi connectivity index (χ3n) is 2.15. The van der Waals surface area contributed by atoms with E-state index in [9.17, 15) is 14.0 Å². The first kappa shape index (κ1) is 11.0. The number of carbonyl (C=O) groups is 2. The van der Waals surface area contributed by atoms with Crippen molar-refractivity contribution in [3.63, 3.8) is 0 Å². The van der Waals surface area contributed by atoms with Crippen molar-refractivity contribution in [2.75, 3.05) is 0 Å². The number of nitrogens with zero attached hydrogens (tertiary/aromatic N) is 2. The first-order valence-electron chi connectivity index (χ1n) is 4.72. The maximum absolute atomic E-state index is 13.2. The van der Waals surface area contributed by atoms with Gasteiger partial charge in [-0.3, -0.25) is 9.59 Å². The number of primary amides is 1. The molecular formula is C11H8FN3O2. The van der Waals surface area contributed by atoms with Crippen molar-refractivity contribution in [3.05, 3.63) is 47.5 Å². The van der Waals surface area contributed by atoms with E-state index >= 15 is 0 Å². The van der Waals surface area contributed by atoms with Crippen molar-refractivity contribution in [1.29, 1.82) is 0 Å². The lowest BCUT2D eigenvalue weighted by Crippen LogP contribution is -2.12. The molecule has 5 nitrogen and oxygen atoms in total. The minimum Gasteiger partial charge on any atom is -0.364 e. The molecule has 0 aliphatic rings. The highest BCUT2D eigenvalue weighted by atomic mass is 19.1. The average molecular weight is 233 g/mol. The third-order valence-corrected chi connectivity index (χ3v) is 2.15. The number of hydrogen-bond acceptors (Lipinski definition) is 3. The minimum absolute atomic E-state index is 0.0712. The zero-order valence-electron chi connectivity index (χ0n) is 8.63. The molecule has 0 bridgehead atoms. The Morgan fingerprint density at radius 3 is 2.76 bits per heavy atom. The van der Waals surface area contributed by atoms with Gasteiger partial charge in [-0.2, -0.15) is 5.10 Å². The number of rotatable bonds is 3. The first-order chi connectivity index (χ1) is 8.10. The van der Waals surface area contributed by atoms with Gasteiger partial charge in [-0.1, -0.05) is 0 Å². The van der Waals surface area contributed by atoms with Gasteiger partial charge >= 0.3 is 0 Å². The minimum atomic E-state index is -0.671. The van der Waals surface area contributed by atoms with Crippen LogP contribution in [0.5, 0.6) is 0 Å². The number of amides is 1. The Bertz CT molecular complexity index is 592. The van der Waals surface area contributed by atoms with E-state index in [0.29, 0.717) is 12.0 Å². The van der Waals surface area contributed by atoms with Crippen LogP contribution in [0.25, 0.3) is 5.69 Å². The fraction of sp³-hybridized carbons (Fsp3) is 0. The van der Waals surface area contributed by atoms with Crippen molar-refractivity contribution in [3.8, 4) is 5.69 Å². The van der Waals surface area contributed by atoms with Crippen LogP contribution in [0.15, 0.2) is 30.5 Å². The van der Waals surface area contributed by atoms with Gasteiger partial charge in [0.05, 0.1) is 5.69 Å². The predicted octanol–water partition coefficient (Wildman–Crippen LogP) is 0.923. The molecule has 0 aliphatic heterocycles. The SMILES string of the molecule is NC(=O)c1ccn(-c2cc(F)cc(C=O)c2)n1. The van der Waals surface area contributed by atoms with Gasteiger partial charge in [0.25, 0.3) is 5.91 Å². The molecule has 0 unspecified atom stereocenters. The second-order valence-corrected chi connectivity index (χ2v) is 3.37. The van der Waals surface area contributed by atoms with E-state index in [1.807, 2.05) is 0 Å². The molecule has 17 heavy (non-hydrogen) atoms. The molecular weight excluding hydrogens is 225 g/mol. The maximum atomic E-state index is 13.2. The van der Waals surface area contributed by atoms with E-state index < -0.39 is 11.7 Å². The highest BCUT2D eigenvalue weighted by Gasteiger charge is 2.07. The van der Waals surface area contributed by atoms with Crippen molar-refractivity contribution in [2.24, 2.45) is 5.73 Å². The molecule has 1 heterocycles. The summed E-state index contributed by atoms with van der Waals surface area (Å²) in [6, 6.07) is 5.17. The van der Waals surface area contributed by atoms with E-state index in [1.54, 1.807) is 0 Å². The standard InChI is InChI=1S/C11H8FN3O2/c12-8-3-7(6-16)4-9(5-8)15-2-1-10(14-15)11(13)17/h1-6H,(H2,13,17). The molecule has 2 aromatic rings. The van der Waals surface area contributed by atoms with Crippen molar-refractivity contribution >= 4 is 12.2 Å². The monoisotopic (exact) mass is 233 g/mol. The molecule has 2 rings (SSSR count). The largest absolute Gasteiger partial charge is 0.364 e. The van der Waals surface area contributed by atoms with Crippen LogP contribution in [0.4, 0.5) is 4.39 Å². The van der Waals surface area contributed by atoms with Crippen LogP contribution in [0.3, 0.4) is 0 Å². The van der Waals surface area contributed by atoms with Crippen LogP contribution in [0.2, 0.25) is 0 Å². The molecule has 6 heteroatoms. The summed E-state index contributed by atoms with van der Waals surface area (Å²) in [5.74, 6) is -1.23. The van der Waals surface area contributed by atoms with Crippen LogP contribution in [-0.2, 0) is 0 Å². The number of benzene rings is 1. The molecule has 1 aromatic heterocycles. The lowest BCUT2D eigenvalue weighted by atomic mass is 10.2. The smallest absolute Gasteiger partial charge is 0.269 e. The summed E-state index contributed by atoms with van der Waals surface area (Å²) in [5.41, 5.74) is 5.66. The van der Waals surface area contributed by atoms with Gasteiger partial charge in [-0.25, -0.2) is 9.07 Å².